The predicted molar refractivity (Wildman–Crippen MR) is 70.0 cm³/mol. The van der Waals surface area contributed by atoms with E-state index in [9.17, 15) is 4.79 Å². The molecule has 0 aliphatic rings. The predicted octanol–water partition coefficient (Wildman–Crippen LogP) is 0.715. The molecule has 0 saturated heterocycles. The van der Waals surface area contributed by atoms with Crippen LogP contribution in [-0.2, 0) is 9.53 Å². The monoisotopic (exact) mass is 253 g/mol. The quantitative estimate of drug-likeness (QED) is 0.616. The van der Waals surface area contributed by atoms with Crippen LogP contribution in [0.15, 0.2) is 18.3 Å². The summed E-state index contributed by atoms with van der Waals surface area (Å²) in [6, 6.07) is 3.57. The van der Waals surface area contributed by atoms with Gasteiger partial charge in [0.05, 0.1) is 19.1 Å². The van der Waals surface area contributed by atoms with Gasteiger partial charge in [-0.25, -0.2) is 4.98 Å². The van der Waals surface area contributed by atoms with Crippen molar-refractivity contribution < 1.29 is 9.53 Å². The Kier molecular flexibility index (Phi) is 4.84. The summed E-state index contributed by atoms with van der Waals surface area (Å²) in [4.78, 5) is 17.4. The van der Waals surface area contributed by atoms with E-state index < -0.39 is 0 Å². The lowest BCUT2D eigenvalue weighted by atomic mass is 10.2. The Morgan fingerprint density at radius 2 is 2.35 bits per heavy atom. The Bertz CT molecular complexity index is 423. The van der Waals surface area contributed by atoms with Crippen LogP contribution in [-0.4, -0.2) is 36.6 Å². The number of ether oxygens (including phenoxy) is 1. The van der Waals surface area contributed by atoms with Gasteiger partial charge in [0.2, 0.25) is 0 Å². The summed E-state index contributed by atoms with van der Waals surface area (Å²) in [5, 5.41) is 0. The van der Waals surface area contributed by atoms with E-state index in [2.05, 4.69) is 9.72 Å². The highest BCUT2D eigenvalue weighted by molar-refractivity contribution is 7.80. The average molecular weight is 253 g/mol. The summed E-state index contributed by atoms with van der Waals surface area (Å²) in [5.74, 6) is 0.411. The molecule has 1 aromatic heterocycles. The molecular weight excluding hydrogens is 238 g/mol. The van der Waals surface area contributed by atoms with Crippen LogP contribution in [0.25, 0.3) is 0 Å². The molecule has 0 aromatic carbocycles. The summed E-state index contributed by atoms with van der Waals surface area (Å²) in [7, 11) is 3.19. The number of carbonyl (C=O) groups excluding carboxylic acids is 1. The Balaban J connectivity index is 2.78. The number of methoxy groups -OCH3 is 1. The minimum absolute atomic E-state index is 0.260. The zero-order chi connectivity index (χ0) is 12.8. The van der Waals surface area contributed by atoms with Crippen molar-refractivity contribution in [2.45, 2.75) is 6.42 Å². The molecule has 0 atom stereocenters. The molecule has 0 aliphatic heterocycles. The van der Waals surface area contributed by atoms with Crippen molar-refractivity contribution in [3.8, 4) is 0 Å². The highest BCUT2D eigenvalue weighted by Gasteiger charge is 2.11. The Morgan fingerprint density at radius 1 is 1.65 bits per heavy atom. The zero-order valence-corrected chi connectivity index (χ0v) is 10.7. The van der Waals surface area contributed by atoms with Crippen molar-refractivity contribution in [3.05, 3.63) is 23.9 Å². The van der Waals surface area contributed by atoms with Gasteiger partial charge in [-0.1, -0.05) is 12.2 Å². The SMILES string of the molecule is COC(=O)CCN(C)c1ncccc1C(N)=S. The molecule has 0 radical (unpaired) electrons. The van der Waals surface area contributed by atoms with Crippen molar-refractivity contribution in [2.24, 2.45) is 5.73 Å². The lowest BCUT2D eigenvalue weighted by molar-refractivity contribution is -0.140. The zero-order valence-electron chi connectivity index (χ0n) is 9.84. The molecule has 6 heteroatoms. The van der Waals surface area contributed by atoms with Gasteiger partial charge < -0.3 is 15.4 Å². The summed E-state index contributed by atoms with van der Waals surface area (Å²) >= 11 is 4.95. The van der Waals surface area contributed by atoms with Crippen LogP contribution in [0.4, 0.5) is 5.82 Å². The fraction of sp³-hybridized carbons (Fsp3) is 0.364. The van der Waals surface area contributed by atoms with Crippen LogP contribution in [0.3, 0.4) is 0 Å². The van der Waals surface area contributed by atoms with Gasteiger partial charge in [-0.05, 0) is 12.1 Å². The van der Waals surface area contributed by atoms with Gasteiger partial charge in [0.15, 0.2) is 0 Å². The topological polar surface area (TPSA) is 68.5 Å². The van der Waals surface area contributed by atoms with E-state index in [1.807, 2.05) is 11.9 Å². The molecule has 0 fully saturated rings. The molecule has 0 amide bonds. The van der Waals surface area contributed by atoms with Crippen LogP contribution in [0, 0.1) is 0 Å². The normalized spacial score (nSPS) is 9.76. The fourth-order valence-corrected chi connectivity index (χ4v) is 1.52. The Morgan fingerprint density at radius 3 is 2.94 bits per heavy atom. The molecular formula is C11H15N3O2S. The number of thiocarbonyl (C=S) groups is 1. The van der Waals surface area contributed by atoms with Crippen molar-refractivity contribution >= 4 is 29.0 Å². The van der Waals surface area contributed by atoms with E-state index in [4.69, 9.17) is 18.0 Å². The number of hydrogen-bond acceptors (Lipinski definition) is 5. The van der Waals surface area contributed by atoms with E-state index in [-0.39, 0.29) is 11.0 Å². The smallest absolute Gasteiger partial charge is 0.307 e. The second-order valence-electron chi connectivity index (χ2n) is 3.49. The second-order valence-corrected chi connectivity index (χ2v) is 3.93. The Hall–Kier alpha value is -1.69. The van der Waals surface area contributed by atoms with Crippen LogP contribution in [0.1, 0.15) is 12.0 Å². The van der Waals surface area contributed by atoms with E-state index in [1.54, 1.807) is 18.3 Å². The number of esters is 1. The van der Waals surface area contributed by atoms with E-state index in [0.717, 1.165) is 0 Å². The van der Waals surface area contributed by atoms with Gasteiger partial charge in [-0.15, -0.1) is 0 Å². The Labute approximate surface area is 106 Å². The molecule has 0 bridgehead atoms. The molecule has 0 aliphatic carbocycles. The van der Waals surface area contributed by atoms with Gasteiger partial charge in [-0.3, -0.25) is 4.79 Å². The van der Waals surface area contributed by atoms with Crippen LogP contribution in [0.5, 0.6) is 0 Å². The van der Waals surface area contributed by atoms with Crippen LogP contribution >= 0.6 is 12.2 Å². The molecule has 1 aromatic rings. The van der Waals surface area contributed by atoms with Crippen LogP contribution in [0.2, 0.25) is 0 Å². The average Bonchev–Trinajstić information content (AvgIpc) is 2.35. The number of nitrogens with two attached hydrogens (primary N) is 1. The van der Waals surface area contributed by atoms with Gasteiger partial charge >= 0.3 is 5.97 Å². The number of rotatable bonds is 5. The maximum atomic E-state index is 11.0. The molecule has 92 valence electrons. The first-order valence-corrected chi connectivity index (χ1v) is 5.50. The summed E-state index contributed by atoms with van der Waals surface area (Å²) in [6.07, 6.45) is 1.95. The highest BCUT2D eigenvalue weighted by Crippen LogP contribution is 2.15. The van der Waals surface area contributed by atoms with Crippen LogP contribution < -0.4 is 10.6 Å². The summed E-state index contributed by atoms with van der Waals surface area (Å²) in [5.41, 5.74) is 6.31. The molecule has 2 N–H and O–H groups in total. The van der Waals surface area contributed by atoms with Crippen molar-refractivity contribution in [1.82, 2.24) is 4.98 Å². The van der Waals surface area contributed by atoms with E-state index in [1.165, 1.54) is 7.11 Å². The maximum absolute atomic E-state index is 11.0. The van der Waals surface area contributed by atoms with E-state index >= 15 is 0 Å². The van der Waals surface area contributed by atoms with Gasteiger partial charge in [0, 0.05) is 19.8 Å². The number of nitrogens with zero attached hydrogens (tertiary/aromatic N) is 2. The van der Waals surface area contributed by atoms with Gasteiger partial charge in [-0.2, -0.15) is 0 Å². The first-order valence-electron chi connectivity index (χ1n) is 5.09. The molecule has 0 spiro atoms. The lowest BCUT2D eigenvalue weighted by Gasteiger charge is -2.19. The third-order valence-corrected chi connectivity index (χ3v) is 2.51. The number of carbonyl (C=O) groups is 1. The number of aromatic nitrogens is 1. The molecule has 1 rings (SSSR count). The molecule has 5 nitrogen and oxygen atoms in total. The first kappa shape index (κ1) is 13.4. The number of pyridine rings is 1. The minimum Gasteiger partial charge on any atom is -0.469 e. The van der Waals surface area contributed by atoms with Gasteiger partial charge in [0.1, 0.15) is 10.8 Å². The fourth-order valence-electron chi connectivity index (χ4n) is 1.36. The van der Waals surface area contributed by atoms with Crippen molar-refractivity contribution in [2.75, 3.05) is 25.6 Å². The van der Waals surface area contributed by atoms with Crippen molar-refractivity contribution in [3.63, 3.8) is 0 Å². The largest absolute Gasteiger partial charge is 0.469 e. The summed E-state index contributed by atoms with van der Waals surface area (Å²) < 4.78 is 4.58. The molecule has 0 unspecified atom stereocenters. The second kappa shape index (κ2) is 6.15. The van der Waals surface area contributed by atoms with E-state index in [0.29, 0.717) is 24.3 Å². The number of anilines is 1. The number of hydrogen-bond donors (Lipinski definition) is 1. The molecule has 1 heterocycles. The van der Waals surface area contributed by atoms with Crippen molar-refractivity contribution in [1.29, 1.82) is 0 Å². The highest BCUT2D eigenvalue weighted by atomic mass is 32.1. The molecule has 17 heavy (non-hydrogen) atoms. The van der Waals surface area contributed by atoms with Gasteiger partial charge in [0.25, 0.3) is 0 Å². The first-order chi connectivity index (χ1) is 8.06. The maximum Gasteiger partial charge on any atom is 0.307 e. The third-order valence-electron chi connectivity index (χ3n) is 2.29. The standard InChI is InChI=1S/C11H15N3O2S/c1-14(7-5-9(15)16-2)11-8(10(12)17)4-3-6-13-11/h3-4,6H,5,7H2,1-2H3,(H2,12,17). The summed E-state index contributed by atoms with van der Waals surface area (Å²) in [6.45, 7) is 0.499. The third kappa shape index (κ3) is 3.67. The lowest BCUT2D eigenvalue weighted by Crippen LogP contribution is -2.25. The molecule has 0 saturated carbocycles. The minimum atomic E-state index is -0.260.